The number of carbonyl (C=O) groups is 1. The zero-order chi connectivity index (χ0) is 16.8. The number of anilines is 1. The topological polar surface area (TPSA) is 55.8 Å². The first-order valence-electron chi connectivity index (χ1n) is 8.47. The van der Waals surface area contributed by atoms with Crippen LogP contribution in [0.2, 0.25) is 0 Å². The van der Waals surface area contributed by atoms with Crippen LogP contribution in [0.15, 0.2) is 24.3 Å². The maximum absolute atomic E-state index is 12.3. The average molecular weight is 319 g/mol. The lowest BCUT2D eigenvalue weighted by Crippen LogP contribution is -2.49. The number of hydrogen-bond acceptors (Lipinski definition) is 4. The van der Waals surface area contributed by atoms with E-state index in [4.69, 9.17) is 0 Å². The minimum atomic E-state index is -0.523. The Bertz CT molecular complexity index is 521. The van der Waals surface area contributed by atoms with Crippen LogP contribution < -0.4 is 10.2 Å². The molecule has 2 rings (SSSR count). The third kappa shape index (κ3) is 4.94. The predicted molar refractivity (Wildman–Crippen MR) is 93.7 cm³/mol. The fraction of sp³-hybridized carbons (Fsp3) is 0.611. The van der Waals surface area contributed by atoms with E-state index in [0.29, 0.717) is 19.5 Å². The molecule has 1 heterocycles. The summed E-state index contributed by atoms with van der Waals surface area (Å²) in [5.74, 6) is -0.354. The summed E-state index contributed by atoms with van der Waals surface area (Å²) in [5.41, 5.74) is 2.41. The van der Waals surface area contributed by atoms with Gasteiger partial charge in [-0.3, -0.25) is 4.79 Å². The normalized spacial score (nSPS) is 21.9. The average Bonchev–Trinajstić information content (AvgIpc) is 2.53. The Morgan fingerprint density at radius 2 is 2.26 bits per heavy atom. The summed E-state index contributed by atoms with van der Waals surface area (Å²) in [4.78, 5) is 16.6. The van der Waals surface area contributed by atoms with Crippen LogP contribution in [-0.4, -0.2) is 61.8 Å². The van der Waals surface area contributed by atoms with Crippen molar-refractivity contribution in [3.05, 3.63) is 29.8 Å². The van der Waals surface area contributed by atoms with Gasteiger partial charge in [0.05, 0.1) is 12.0 Å². The molecule has 0 aromatic heterocycles. The lowest BCUT2D eigenvalue weighted by atomic mass is 9.94. The predicted octanol–water partition coefficient (Wildman–Crippen LogP) is 1.25. The van der Waals surface area contributed by atoms with E-state index in [1.165, 1.54) is 11.3 Å². The largest absolute Gasteiger partial charge is 0.392 e. The summed E-state index contributed by atoms with van der Waals surface area (Å²) in [5, 5.41) is 13.0. The number of likely N-dealkylation sites (tertiary alicyclic amines) is 1. The molecule has 23 heavy (non-hydrogen) atoms. The summed E-state index contributed by atoms with van der Waals surface area (Å²) in [6, 6.07) is 8.39. The van der Waals surface area contributed by atoms with Gasteiger partial charge in [0, 0.05) is 38.4 Å². The molecular weight excluding hydrogens is 290 g/mol. The molecule has 0 aliphatic carbocycles. The van der Waals surface area contributed by atoms with Gasteiger partial charge in [0.2, 0.25) is 5.91 Å². The highest BCUT2D eigenvalue weighted by atomic mass is 16.3. The molecule has 1 aliphatic rings. The summed E-state index contributed by atoms with van der Waals surface area (Å²) in [7, 11) is 1.99. The first kappa shape index (κ1) is 17.8. The van der Waals surface area contributed by atoms with Gasteiger partial charge in [-0.05, 0) is 45.0 Å². The fourth-order valence-corrected chi connectivity index (χ4v) is 3.10. The van der Waals surface area contributed by atoms with Gasteiger partial charge >= 0.3 is 0 Å². The highest BCUT2D eigenvalue weighted by Crippen LogP contribution is 2.17. The van der Waals surface area contributed by atoms with Crippen LogP contribution in [0.4, 0.5) is 5.69 Å². The second-order valence-electron chi connectivity index (χ2n) is 6.43. The molecule has 0 spiro atoms. The summed E-state index contributed by atoms with van der Waals surface area (Å²) in [6.07, 6.45) is 0.143. The fourth-order valence-electron chi connectivity index (χ4n) is 3.10. The smallest absolute Gasteiger partial charge is 0.227 e. The second kappa shape index (κ2) is 8.31. The number of aliphatic hydroxyl groups excluding tert-OH is 1. The van der Waals surface area contributed by atoms with E-state index in [0.717, 1.165) is 19.6 Å². The van der Waals surface area contributed by atoms with Gasteiger partial charge in [-0.1, -0.05) is 12.1 Å². The third-order valence-electron chi connectivity index (χ3n) is 4.55. The van der Waals surface area contributed by atoms with Crippen molar-refractivity contribution < 1.29 is 9.90 Å². The van der Waals surface area contributed by atoms with E-state index in [9.17, 15) is 9.90 Å². The monoisotopic (exact) mass is 319 g/mol. The van der Waals surface area contributed by atoms with Gasteiger partial charge in [-0.25, -0.2) is 0 Å². The standard InChI is InChI=1S/C18H29N3O2/c1-4-21(15-7-5-6-14(2)12-15)11-9-19-18(23)16-13-20(3)10-8-17(16)22/h5-7,12,16-17,22H,4,8-11,13H2,1-3H3,(H,19,23)/t16-,17-/m1/s1. The van der Waals surface area contributed by atoms with Crippen molar-refractivity contribution in [3.63, 3.8) is 0 Å². The van der Waals surface area contributed by atoms with Crippen molar-refractivity contribution >= 4 is 11.6 Å². The molecule has 1 fully saturated rings. The van der Waals surface area contributed by atoms with Gasteiger partial charge in [-0.15, -0.1) is 0 Å². The summed E-state index contributed by atoms with van der Waals surface area (Å²) < 4.78 is 0. The molecule has 0 bridgehead atoms. The van der Waals surface area contributed by atoms with E-state index in [-0.39, 0.29) is 11.8 Å². The zero-order valence-corrected chi connectivity index (χ0v) is 14.5. The highest BCUT2D eigenvalue weighted by molar-refractivity contribution is 5.79. The molecule has 128 valence electrons. The quantitative estimate of drug-likeness (QED) is 0.829. The van der Waals surface area contributed by atoms with Crippen LogP contribution >= 0.6 is 0 Å². The molecule has 0 unspecified atom stereocenters. The summed E-state index contributed by atoms with van der Waals surface area (Å²) >= 11 is 0. The molecule has 2 atom stereocenters. The number of amides is 1. The maximum Gasteiger partial charge on any atom is 0.227 e. The lowest BCUT2D eigenvalue weighted by Gasteiger charge is -2.33. The third-order valence-corrected chi connectivity index (χ3v) is 4.55. The lowest BCUT2D eigenvalue weighted by molar-refractivity contribution is -0.131. The Labute approximate surface area is 139 Å². The van der Waals surface area contributed by atoms with E-state index >= 15 is 0 Å². The van der Waals surface area contributed by atoms with Crippen LogP contribution in [0.3, 0.4) is 0 Å². The number of benzene rings is 1. The van der Waals surface area contributed by atoms with Gasteiger partial charge in [0.15, 0.2) is 0 Å². The Morgan fingerprint density at radius 3 is 2.96 bits per heavy atom. The van der Waals surface area contributed by atoms with E-state index in [1.54, 1.807) is 0 Å². The number of likely N-dealkylation sites (N-methyl/N-ethyl adjacent to an activating group) is 1. The van der Waals surface area contributed by atoms with Gasteiger partial charge in [-0.2, -0.15) is 0 Å². The second-order valence-corrected chi connectivity index (χ2v) is 6.43. The molecule has 0 radical (unpaired) electrons. The molecule has 1 saturated heterocycles. The number of aliphatic hydroxyl groups is 1. The number of rotatable bonds is 6. The Hall–Kier alpha value is -1.59. The van der Waals surface area contributed by atoms with Crippen molar-refractivity contribution in [1.29, 1.82) is 0 Å². The minimum Gasteiger partial charge on any atom is -0.392 e. The van der Waals surface area contributed by atoms with Gasteiger partial charge in [0.1, 0.15) is 0 Å². The molecular formula is C18H29N3O2. The van der Waals surface area contributed by atoms with Gasteiger partial charge < -0.3 is 20.2 Å². The maximum atomic E-state index is 12.3. The number of aryl methyl sites for hydroxylation is 1. The van der Waals surface area contributed by atoms with Crippen molar-refractivity contribution in [2.45, 2.75) is 26.4 Å². The molecule has 1 aromatic carbocycles. The number of piperidine rings is 1. The number of nitrogens with zero attached hydrogens (tertiary/aromatic N) is 2. The summed E-state index contributed by atoms with van der Waals surface area (Å²) in [6.45, 7) is 7.93. The van der Waals surface area contributed by atoms with Crippen molar-refractivity contribution in [2.24, 2.45) is 5.92 Å². The molecule has 0 saturated carbocycles. The first-order valence-corrected chi connectivity index (χ1v) is 8.47. The molecule has 2 N–H and O–H groups in total. The van der Waals surface area contributed by atoms with Crippen molar-refractivity contribution in [2.75, 3.05) is 44.7 Å². The van der Waals surface area contributed by atoms with Crippen LogP contribution in [0.1, 0.15) is 18.9 Å². The Kier molecular flexibility index (Phi) is 6.42. The Morgan fingerprint density at radius 1 is 1.48 bits per heavy atom. The number of carbonyl (C=O) groups excluding carboxylic acids is 1. The van der Waals surface area contributed by atoms with Crippen LogP contribution in [0.5, 0.6) is 0 Å². The number of hydrogen-bond donors (Lipinski definition) is 2. The Balaban J connectivity index is 1.84. The molecule has 5 heteroatoms. The van der Waals surface area contributed by atoms with Crippen LogP contribution in [0.25, 0.3) is 0 Å². The molecule has 5 nitrogen and oxygen atoms in total. The van der Waals surface area contributed by atoms with Crippen molar-refractivity contribution in [1.82, 2.24) is 10.2 Å². The molecule has 1 aromatic rings. The van der Waals surface area contributed by atoms with Crippen molar-refractivity contribution in [3.8, 4) is 0 Å². The van der Waals surface area contributed by atoms with Gasteiger partial charge in [0.25, 0.3) is 0 Å². The van der Waals surface area contributed by atoms with Crippen LogP contribution in [0, 0.1) is 12.8 Å². The van der Waals surface area contributed by atoms with Crippen LogP contribution in [-0.2, 0) is 4.79 Å². The molecule has 1 aliphatic heterocycles. The van der Waals surface area contributed by atoms with E-state index in [1.807, 2.05) is 7.05 Å². The SMILES string of the molecule is CCN(CCNC(=O)[C@@H]1CN(C)CC[C@H]1O)c1cccc(C)c1. The first-order chi connectivity index (χ1) is 11.0. The molecule has 1 amide bonds. The van der Waals surface area contributed by atoms with E-state index in [2.05, 4.69) is 53.2 Å². The van der Waals surface area contributed by atoms with E-state index < -0.39 is 6.10 Å². The highest BCUT2D eigenvalue weighted by Gasteiger charge is 2.31. The number of nitrogens with one attached hydrogen (secondary N) is 1. The minimum absolute atomic E-state index is 0.0376. The zero-order valence-electron chi connectivity index (χ0n) is 14.5.